The van der Waals surface area contributed by atoms with Gasteiger partial charge in [0.15, 0.2) is 0 Å². The second kappa shape index (κ2) is 5.43. The second-order valence-electron chi connectivity index (χ2n) is 4.08. The molecule has 1 aliphatic rings. The van der Waals surface area contributed by atoms with Crippen molar-refractivity contribution in [1.82, 2.24) is 4.90 Å². The SMILES string of the molecule is C[C](C)CN1CCC(CI)CC1. The Morgan fingerprint density at radius 2 is 1.92 bits per heavy atom. The number of alkyl halides is 1. The minimum absolute atomic E-state index is 0.999. The zero-order chi connectivity index (χ0) is 8.97. The Bertz CT molecular complexity index is 117. The summed E-state index contributed by atoms with van der Waals surface area (Å²) in [5.41, 5.74) is 0. The predicted octanol–water partition coefficient (Wildman–Crippen LogP) is 2.75. The molecule has 0 spiro atoms. The number of hydrogen-bond acceptors (Lipinski definition) is 1. The van der Waals surface area contributed by atoms with Crippen molar-refractivity contribution in [3.63, 3.8) is 0 Å². The van der Waals surface area contributed by atoms with Crippen LogP contribution in [0.4, 0.5) is 0 Å². The third-order valence-corrected chi connectivity index (χ3v) is 3.71. The molecule has 1 fully saturated rings. The summed E-state index contributed by atoms with van der Waals surface area (Å²) in [4.78, 5) is 2.58. The second-order valence-corrected chi connectivity index (χ2v) is 4.96. The number of piperidine rings is 1. The molecule has 0 N–H and O–H groups in total. The predicted molar refractivity (Wildman–Crippen MR) is 62.6 cm³/mol. The number of hydrogen-bond donors (Lipinski definition) is 0. The molecule has 0 aromatic carbocycles. The van der Waals surface area contributed by atoms with Gasteiger partial charge in [0.05, 0.1) is 0 Å². The van der Waals surface area contributed by atoms with Gasteiger partial charge < -0.3 is 4.90 Å². The van der Waals surface area contributed by atoms with E-state index in [4.69, 9.17) is 0 Å². The molecule has 1 saturated heterocycles. The van der Waals surface area contributed by atoms with E-state index >= 15 is 0 Å². The van der Waals surface area contributed by atoms with E-state index in [-0.39, 0.29) is 0 Å². The van der Waals surface area contributed by atoms with E-state index in [0.717, 1.165) is 5.92 Å². The quantitative estimate of drug-likeness (QED) is 0.567. The molecule has 0 unspecified atom stereocenters. The summed E-state index contributed by atoms with van der Waals surface area (Å²) >= 11 is 2.52. The number of likely N-dealkylation sites (tertiary alicyclic amines) is 1. The minimum Gasteiger partial charge on any atom is -0.303 e. The molecule has 2 heteroatoms. The summed E-state index contributed by atoms with van der Waals surface area (Å²) in [6.07, 6.45) is 2.83. The van der Waals surface area contributed by atoms with Crippen LogP contribution in [0.3, 0.4) is 0 Å². The lowest BCUT2D eigenvalue weighted by Crippen LogP contribution is -2.36. The first-order valence-corrected chi connectivity index (χ1v) is 6.32. The summed E-state index contributed by atoms with van der Waals surface area (Å²) in [6.45, 7) is 8.31. The lowest BCUT2D eigenvalue weighted by molar-refractivity contribution is 0.202. The average Bonchev–Trinajstić information content (AvgIpc) is 2.05. The van der Waals surface area contributed by atoms with Gasteiger partial charge in [0.1, 0.15) is 0 Å². The van der Waals surface area contributed by atoms with Gasteiger partial charge in [0, 0.05) is 11.0 Å². The van der Waals surface area contributed by atoms with Crippen molar-refractivity contribution in [3.05, 3.63) is 5.92 Å². The molecular formula is C10H19IN. The van der Waals surface area contributed by atoms with Crippen LogP contribution in [0.5, 0.6) is 0 Å². The highest BCUT2D eigenvalue weighted by Crippen LogP contribution is 2.19. The standard InChI is InChI=1S/C10H19IN/c1-9(2)8-12-5-3-10(7-11)4-6-12/h10H,3-8H2,1-2H3. The maximum atomic E-state index is 2.58. The van der Waals surface area contributed by atoms with Crippen molar-refractivity contribution < 1.29 is 0 Å². The largest absolute Gasteiger partial charge is 0.303 e. The molecule has 0 atom stereocenters. The first kappa shape index (κ1) is 10.8. The molecule has 0 saturated carbocycles. The zero-order valence-corrected chi connectivity index (χ0v) is 10.3. The molecule has 0 bridgehead atoms. The van der Waals surface area contributed by atoms with Crippen molar-refractivity contribution in [2.24, 2.45) is 5.92 Å². The normalized spacial score (nSPS) is 22.0. The van der Waals surface area contributed by atoms with Crippen LogP contribution < -0.4 is 0 Å². The van der Waals surface area contributed by atoms with Crippen molar-refractivity contribution in [3.8, 4) is 0 Å². The minimum atomic E-state index is 0.999. The van der Waals surface area contributed by atoms with Crippen LogP contribution in [0.2, 0.25) is 0 Å². The van der Waals surface area contributed by atoms with Gasteiger partial charge in [0.25, 0.3) is 0 Å². The van der Waals surface area contributed by atoms with Gasteiger partial charge in [-0.05, 0) is 37.8 Å². The average molecular weight is 280 g/mol. The fourth-order valence-electron chi connectivity index (χ4n) is 1.75. The van der Waals surface area contributed by atoms with E-state index in [1.54, 1.807) is 5.92 Å². The molecule has 1 nitrogen and oxygen atoms in total. The Kier molecular flexibility index (Phi) is 4.87. The van der Waals surface area contributed by atoms with Crippen LogP contribution >= 0.6 is 22.6 Å². The van der Waals surface area contributed by atoms with Crippen LogP contribution in [0, 0.1) is 11.8 Å². The van der Waals surface area contributed by atoms with E-state index in [1.807, 2.05) is 0 Å². The van der Waals surface area contributed by atoms with Crippen LogP contribution in [-0.4, -0.2) is 29.0 Å². The summed E-state index contributed by atoms with van der Waals surface area (Å²) in [7, 11) is 0. The molecule has 1 aliphatic heterocycles. The van der Waals surface area contributed by atoms with E-state index in [0.29, 0.717) is 0 Å². The highest BCUT2D eigenvalue weighted by molar-refractivity contribution is 14.1. The van der Waals surface area contributed by atoms with Crippen molar-refractivity contribution >= 4 is 22.6 Å². The molecule has 0 aromatic rings. The Labute approximate surface area is 90.0 Å². The molecule has 0 amide bonds. The fraction of sp³-hybridized carbons (Fsp3) is 0.900. The first-order chi connectivity index (χ1) is 5.72. The first-order valence-electron chi connectivity index (χ1n) is 4.79. The van der Waals surface area contributed by atoms with Crippen molar-refractivity contribution in [1.29, 1.82) is 0 Å². The number of rotatable bonds is 3. The Morgan fingerprint density at radius 3 is 2.33 bits per heavy atom. The maximum Gasteiger partial charge on any atom is 0.00383 e. The van der Waals surface area contributed by atoms with Crippen molar-refractivity contribution in [2.45, 2.75) is 26.7 Å². The van der Waals surface area contributed by atoms with Crippen LogP contribution in [-0.2, 0) is 0 Å². The van der Waals surface area contributed by atoms with Gasteiger partial charge in [0.2, 0.25) is 0 Å². The van der Waals surface area contributed by atoms with Gasteiger partial charge in [-0.3, -0.25) is 0 Å². The lowest BCUT2D eigenvalue weighted by atomic mass is 9.98. The Hall–Kier alpha value is 0.690. The third kappa shape index (κ3) is 3.60. The number of nitrogens with zero attached hydrogens (tertiary/aromatic N) is 1. The highest BCUT2D eigenvalue weighted by atomic mass is 127. The molecule has 1 heterocycles. The molecule has 0 aliphatic carbocycles. The van der Waals surface area contributed by atoms with Gasteiger partial charge in [-0.25, -0.2) is 0 Å². The molecule has 12 heavy (non-hydrogen) atoms. The van der Waals surface area contributed by atoms with E-state index in [2.05, 4.69) is 41.3 Å². The maximum absolute atomic E-state index is 2.58. The Morgan fingerprint density at radius 1 is 1.33 bits per heavy atom. The molecule has 71 valence electrons. The monoisotopic (exact) mass is 280 g/mol. The molecule has 1 radical (unpaired) electrons. The smallest absolute Gasteiger partial charge is 0.00383 e. The van der Waals surface area contributed by atoms with Crippen LogP contribution in [0.1, 0.15) is 26.7 Å². The lowest BCUT2D eigenvalue weighted by Gasteiger charge is -2.31. The highest BCUT2D eigenvalue weighted by Gasteiger charge is 2.18. The summed E-state index contributed by atoms with van der Waals surface area (Å²) in [5.74, 6) is 2.54. The fourth-order valence-corrected chi connectivity index (χ4v) is 2.63. The summed E-state index contributed by atoms with van der Waals surface area (Å²) in [5, 5.41) is 0. The van der Waals surface area contributed by atoms with Gasteiger partial charge in [-0.15, -0.1) is 0 Å². The molecule has 0 aromatic heterocycles. The molecule has 1 rings (SSSR count). The number of halogens is 1. The summed E-state index contributed by atoms with van der Waals surface area (Å²) in [6, 6.07) is 0. The molecular weight excluding hydrogens is 261 g/mol. The van der Waals surface area contributed by atoms with Crippen LogP contribution in [0.25, 0.3) is 0 Å². The van der Waals surface area contributed by atoms with Gasteiger partial charge in [-0.1, -0.05) is 36.4 Å². The van der Waals surface area contributed by atoms with E-state index < -0.39 is 0 Å². The Balaban J connectivity index is 2.17. The van der Waals surface area contributed by atoms with Crippen LogP contribution in [0.15, 0.2) is 0 Å². The van der Waals surface area contributed by atoms with E-state index in [1.165, 1.54) is 36.9 Å². The van der Waals surface area contributed by atoms with Crippen molar-refractivity contribution in [2.75, 3.05) is 24.1 Å². The summed E-state index contributed by atoms with van der Waals surface area (Å²) < 4.78 is 1.35. The topological polar surface area (TPSA) is 3.24 Å². The van der Waals surface area contributed by atoms with Gasteiger partial charge in [-0.2, -0.15) is 0 Å². The van der Waals surface area contributed by atoms with Gasteiger partial charge >= 0.3 is 0 Å². The third-order valence-electron chi connectivity index (χ3n) is 2.47. The van der Waals surface area contributed by atoms with E-state index in [9.17, 15) is 0 Å². The zero-order valence-electron chi connectivity index (χ0n) is 8.15.